The Labute approximate surface area is 161 Å². The summed E-state index contributed by atoms with van der Waals surface area (Å²) in [4.78, 5) is 10.1. The van der Waals surface area contributed by atoms with Gasteiger partial charge in [0.2, 0.25) is 0 Å². The maximum Gasteiger partial charge on any atom is 0.0810 e. The summed E-state index contributed by atoms with van der Waals surface area (Å²) in [5.74, 6) is 0. The van der Waals surface area contributed by atoms with Gasteiger partial charge in [-0.05, 0) is 43.6 Å². The molecule has 0 aromatic carbocycles. The Kier molecular flexibility index (Phi) is 5.83. The lowest BCUT2D eigenvalue weighted by Gasteiger charge is -2.32. The van der Waals surface area contributed by atoms with Gasteiger partial charge in [0.25, 0.3) is 0 Å². The number of hydrogen-bond donors (Lipinski definition) is 2. The van der Waals surface area contributed by atoms with Gasteiger partial charge in [-0.3, -0.25) is 9.98 Å². The fraction of sp³-hybridized carbons (Fsp3) is 0.391. The molecule has 0 aromatic rings. The number of fused-ring (bicyclic) bond motifs is 3. The van der Waals surface area contributed by atoms with E-state index >= 15 is 0 Å². The highest BCUT2D eigenvalue weighted by Crippen LogP contribution is 2.24. The number of nitrogens with zero attached hydrogens (tertiary/aromatic N) is 2. The van der Waals surface area contributed by atoms with Gasteiger partial charge in [-0.25, -0.2) is 0 Å². The summed E-state index contributed by atoms with van der Waals surface area (Å²) in [5.41, 5.74) is 4.35. The number of rotatable bonds is 0. The Hall–Kier alpha value is -2.62. The van der Waals surface area contributed by atoms with Crippen molar-refractivity contribution in [2.45, 2.75) is 44.2 Å². The van der Waals surface area contributed by atoms with Gasteiger partial charge in [0, 0.05) is 19.1 Å². The van der Waals surface area contributed by atoms with Crippen LogP contribution in [0.5, 0.6) is 0 Å². The third-order valence-corrected chi connectivity index (χ3v) is 5.34. The van der Waals surface area contributed by atoms with Crippen LogP contribution < -0.4 is 10.6 Å². The molecule has 4 rings (SSSR count). The maximum atomic E-state index is 5.20. The Morgan fingerprint density at radius 3 is 2.44 bits per heavy atom. The molecule has 1 saturated carbocycles. The molecule has 140 valence electrons. The minimum atomic E-state index is 0.279. The first-order valence-electron chi connectivity index (χ1n) is 10.1. The highest BCUT2D eigenvalue weighted by Gasteiger charge is 2.26. The summed E-state index contributed by atoms with van der Waals surface area (Å²) >= 11 is 0. The van der Waals surface area contributed by atoms with Crippen LogP contribution in [-0.4, -0.2) is 36.6 Å². The van der Waals surface area contributed by atoms with E-state index in [9.17, 15) is 0 Å². The Morgan fingerprint density at radius 2 is 1.56 bits per heavy atom. The molecule has 0 bridgehead atoms. The molecule has 27 heavy (non-hydrogen) atoms. The van der Waals surface area contributed by atoms with Crippen molar-refractivity contribution in [3.05, 3.63) is 72.2 Å². The summed E-state index contributed by atoms with van der Waals surface area (Å²) in [6.07, 6.45) is 26.7. The van der Waals surface area contributed by atoms with E-state index in [0.717, 1.165) is 55.2 Å². The molecule has 1 fully saturated rings. The molecule has 0 unspecified atom stereocenters. The van der Waals surface area contributed by atoms with Crippen LogP contribution in [0.3, 0.4) is 0 Å². The maximum absolute atomic E-state index is 5.20. The number of nitrogens with one attached hydrogen (secondary N) is 2. The fourth-order valence-corrected chi connectivity index (χ4v) is 3.91. The molecule has 0 spiro atoms. The average Bonchev–Trinajstić information content (AvgIpc) is 3.03. The van der Waals surface area contributed by atoms with E-state index < -0.39 is 0 Å². The first-order chi connectivity index (χ1) is 13.4. The van der Waals surface area contributed by atoms with Crippen LogP contribution in [0.4, 0.5) is 0 Å². The SMILES string of the molecule is C1=CC=C2NCCCN=C3C=CC=CC=C3N[C@@H]3CCCC[C@H]3N=C2C=C1. The van der Waals surface area contributed by atoms with E-state index in [0.29, 0.717) is 6.04 Å². The topological polar surface area (TPSA) is 48.8 Å². The van der Waals surface area contributed by atoms with Gasteiger partial charge in [-0.1, -0.05) is 49.3 Å². The minimum absolute atomic E-state index is 0.279. The molecule has 0 amide bonds. The predicted molar refractivity (Wildman–Crippen MR) is 114 cm³/mol. The normalized spacial score (nSPS) is 27.9. The van der Waals surface area contributed by atoms with E-state index in [-0.39, 0.29) is 6.04 Å². The lowest BCUT2D eigenvalue weighted by Crippen LogP contribution is -2.42. The van der Waals surface area contributed by atoms with Gasteiger partial charge in [-0.15, -0.1) is 0 Å². The molecule has 2 N–H and O–H groups in total. The summed E-state index contributed by atoms with van der Waals surface area (Å²) in [7, 11) is 0. The average molecular weight is 361 g/mol. The van der Waals surface area contributed by atoms with E-state index in [1.54, 1.807) is 0 Å². The Bertz CT molecular complexity index is 789. The largest absolute Gasteiger partial charge is 0.383 e. The van der Waals surface area contributed by atoms with E-state index in [1.165, 1.54) is 12.8 Å². The highest BCUT2D eigenvalue weighted by molar-refractivity contribution is 6.09. The monoisotopic (exact) mass is 360 g/mol. The summed E-state index contributed by atoms with van der Waals surface area (Å²) in [6.45, 7) is 1.71. The molecule has 1 heterocycles. The van der Waals surface area contributed by atoms with E-state index in [1.807, 2.05) is 0 Å². The molecule has 3 aliphatic carbocycles. The Morgan fingerprint density at radius 1 is 0.778 bits per heavy atom. The van der Waals surface area contributed by atoms with Gasteiger partial charge in [0.05, 0.1) is 28.9 Å². The van der Waals surface area contributed by atoms with Gasteiger partial charge in [-0.2, -0.15) is 0 Å². The van der Waals surface area contributed by atoms with Crippen molar-refractivity contribution in [2.24, 2.45) is 9.98 Å². The van der Waals surface area contributed by atoms with E-state index in [2.05, 4.69) is 71.4 Å². The zero-order valence-electron chi connectivity index (χ0n) is 15.8. The molecule has 0 radical (unpaired) electrons. The molecule has 4 aliphatic rings. The summed E-state index contributed by atoms with van der Waals surface area (Å²) in [5, 5.41) is 7.36. The third-order valence-electron chi connectivity index (χ3n) is 5.34. The van der Waals surface area contributed by atoms with Crippen molar-refractivity contribution in [3.8, 4) is 0 Å². The van der Waals surface area contributed by atoms with Crippen molar-refractivity contribution in [1.82, 2.24) is 10.6 Å². The molecule has 2 atom stereocenters. The van der Waals surface area contributed by atoms with Gasteiger partial charge < -0.3 is 10.6 Å². The lowest BCUT2D eigenvalue weighted by atomic mass is 9.90. The molecule has 1 aliphatic heterocycles. The van der Waals surface area contributed by atoms with Crippen LogP contribution in [0.15, 0.2) is 82.1 Å². The van der Waals surface area contributed by atoms with Crippen LogP contribution in [-0.2, 0) is 0 Å². The number of aliphatic imine (C=N–C) groups is 2. The highest BCUT2D eigenvalue weighted by atomic mass is 15.0. The number of hydrogen-bond acceptors (Lipinski definition) is 4. The fourth-order valence-electron chi connectivity index (χ4n) is 3.91. The smallest absolute Gasteiger partial charge is 0.0810 e. The number of allylic oxidation sites excluding steroid dienone is 10. The Balaban J connectivity index is 1.69. The van der Waals surface area contributed by atoms with Crippen LogP contribution in [0, 0.1) is 0 Å². The van der Waals surface area contributed by atoms with Gasteiger partial charge in [0.1, 0.15) is 0 Å². The summed E-state index contributed by atoms with van der Waals surface area (Å²) in [6, 6.07) is 0.620. The molecule has 0 aromatic heterocycles. The zero-order chi connectivity index (χ0) is 18.3. The van der Waals surface area contributed by atoms with Crippen molar-refractivity contribution in [1.29, 1.82) is 0 Å². The molecular weight excluding hydrogens is 332 g/mol. The second-order valence-electron chi connectivity index (χ2n) is 7.31. The van der Waals surface area contributed by atoms with Crippen LogP contribution >= 0.6 is 0 Å². The first-order valence-corrected chi connectivity index (χ1v) is 10.1. The zero-order valence-corrected chi connectivity index (χ0v) is 15.8. The third kappa shape index (κ3) is 4.57. The van der Waals surface area contributed by atoms with Crippen LogP contribution in [0.1, 0.15) is 32.1 Å². The standard InChI is InChI=1S/C23H28N4/c1-3-10-18-20(12-5-1)26-22-14-7-8-15-23(22)27-21-13-6-2-4-11-19(21)25-17-9-16-24-18/h1-6,10-13,22-24,27H,7-9,14-17H2/t22-,23-/m1/s1. The van der Waals surface area contributed by atoms with Gasteiger partial charge in [0.15, 0.2) is 0 Å². The molecule has 0 saturated heterocycles. The second-order valence-corrected chi connectivity index (χ2v) is 7.31. The lowest BCUT2D eigenvalue weighted by molar-refractivity contribution is 0.351. The van der Waals surface area contributed by atoms with Crippen molar-refractivity contribution < 1.29 is 0 Å². The molecule has 4 nitrogen and oxygen atoms in total. The van der Waals surface area contributed by atoms with Crippen LogP contribution in [0.25, 0.3) is 0 Å². The van der Waals surface area contributed by atoms with E-state index in [4.69, 9.17) is 9.98 Å². The van der Waals surface area contributed by atoms with Crippen LogP contribution in [0.2, 0.25) is 0 Å². The van der Waals surface area contributed by atoms with Crippen molar-refractivity contribution >= 4 is 11.4 Å². The summed E-state index contributed by atoms with van der Waals surface area (Å²) < 4.78 is 0. The quantitative estimate of drug-likeness (QED) is 0.691. The molecule has 4 heteroatoms. The van der Waals surface area contributed by atoms with Crippen molar-refractivity contribution in [3.63, 3.8) is 0 Å². The first kappa shape index (κ1) is 17.8. The predicted octanol–water partition coefficient (Wildman–Crippen LogP) is 3.78. The molecular formula is C23H28N4. The van der Waals surface area contributed by atoms with Crippen molar-refractivity contribution in [2.75, 3.05) is 13.1 Å². The second kappa shape index (κ2) is 8.85. The minimum Gasteiger partial charge on any atom is -0.383 e. The van der Waals surface area contributed by atoms with Gasteiger partial charge >= 0.3 is 0 Å².